The van der Waals surface area contributed by atoms with E-state index in [1.54, 1.807) is 19.2 Å². The Labute approximate surface area is 183 Å². The van der Waals surface area contributed by atoms with Crippen LogP contribution in [0.4, 0.5) is 0 Å². The number of hydrogen-bond donors (Lipinski definition) is 0. The molecule has 2 amide bonds. The lowest BCUT2D eigenvalue weighted by molar-refractivity contribution is -0.141. The summed E-state index contributed by atoms with van der Waals surface area (Å²) in [5.74, 6) is 0.101. The van der Waals surface area contributed by atoms with Crippen LogP contribution in [0.25, 0.3) is 0 Å². The van der Waals surface area contributed by atoms with Gasteiger partial charge in [-0.3, -0.25) is 9.59 Å². The first kappa shape index (κ1) is 20.2. The van der Waals surface area contributed by atoms with E-state index in [4.69, 9.17) is 0 Å². The molecule has 2 bridgehead atoms. The normalized spacial score (nSPS) is 31.9. The Morgan fingerprint density at radius 2 is 1.77 bits per heavy atom. The highest BCUT2D eigenvalue weighted by Crippen LogP contribution is 2.55. The number of carbonyl (C=O) groups excluding carboxylic acids is 2. The average molecular weight is 419 g/mol. The Balaban J connectivity index is 1.61. The van der Waals surface area contributed by atoms with Crippen LogP contribution in [-0.4, -0.2) is 55.7 Å². The minimum atomic E-state index is -0.0806. The van der Waals surface area contributed by atoms with Crippen molar-refractivity contribution in [3.8, 4) is 0 Å². The monoisotopic (exact) mass is 418 g/mol. The molecular formula is C25H30N4O2. The lowest BCUT2D eigenvalue weighted by Crippen LogP contribution is -2.61. The Hall–Kier alpha value is -2.76. The second-order valence-electron chi connectivity index (χ2n) is 9.58. The van der Waals surface area contributed by atoms with Gasteiger partial charge in [-0.15, -0.1) is 0 Å². The summed E-state index contributed by atoms with van der Waals surface area (Å²) >= 11 is 0. The van der Waals surface area contributed by atoms with Gasteiger partial charge < -0.3 is 9.80 Å². The molecule has 162 valence electrons. The highest BCUT2D eigenvalue weighted by molar-refractivity contribution is 5.93. The van der Waals surface area contributed by atoms with E-state index in [0.717, 1.165) is 38.5 Å². The van der Waals surface area contributed by atoms with Crippen LogP contribution < -0.4 is 0 Å². The van der Waals surface area contributed by atoms with Gasteiger partial charge in [0.15, 0.2) is 0 Å². The van der Waals surface area contributed by atoms with E-state index in [9.17, 15) is 9.59 Å². The zero-order valence-corrected chi connectivity index (χ0v) is 18.3. The van der Waals surface area contributed by atoms with Crippen molar-refractivity contribution in [2.24, 2.45) is 5.41 Å². The summed E-state index contributed by atoms with van der Waals surface area (Å²) < 4.78 is 0. The molecule has 3 fully saturated rings. The molecule has 0 N–H and O–H groups in total. The van der Waals surface area contributed by atoms with Crippen molar-refractivity contribution in [3.05, 3.63) is 60.2 Å². The first-order chi connectivity index (χ1) is 15.0. The molecule has 6 nitrogen and oxygen atoms in total. The predicted octanol–water partition coefficient (Wildman–Crippen LogP) is 3.48. The van der Waals surface area contributed by atoms with E-state index >= 15 is 0 Å². The summed E-state index contributed by atoms with van der Waals surface area (Å²) in [7, 11) is 0. The van der Waals surface area contributed by atoms with E-state index in [1.807, 2.05) is 18.2 Å². The van der Waals surface area contributed by atoms with Crippen LogP contribution in [0.5, 0.6) is 0 Å². The number of nitrogens with zero attached hydrogens (tertiary/aromatic N) is 4. The van der Waals surface area contributed by atoms with Crippen LogP contribution in [-0.2, 0) is 11.2 Å². The van der Waals surface area contributed by atoms with Crippen molar-refractivity contribution in [1.82, 2.24) is 19.8 Å². The Kier molecular flexibility index (Phi) is 5.03. The molecule has 2 aliphatic heterocycles. The summed E-state index contributed by atoms with van der Waals surface area (Å²) in [5.41, 5.74) is 1.57. The van der Waals surface area contributed by atoms with E-state index in [1.165, 1.54) is 11.9 Å². The summed E-state index contributed by atoms with van der Waals surface area (Å²) in [6, 6.07) is 12.3. The minimum absolute atomic E-state index is 0.00378. The van der Waals surface area contributed by atoms with Crippen molar-refractivity contribution < 1.29 is 9.59 Å². The van der Waals surface area contributed by atoms with Gasteiger partial charge in [0, 0.05) is 30.6 Å². The highest BCUT2D eigenvalue weighted by Gasteiger charge is 2.63. The van der Waals surface area contributed by atoms with E-state index in [0.29, 0.717) is 5.69 Å². The standard InChI is InChI=1S/C25H30N4O2/c1-17(30)28-20(14-18-8-4-3-5-9-18)21-15-25(2)22(28)10-6-7-11-23(25)29(21)24(31)19-12-13-26-16-27-19/h3-5,8-9,12-13,16,20-23H,6-7,10-11,14-15H2,1-2H3/t20-,21+,22-,23+,25-/m1/s1. The van der Waals surface area contributed by atoms with Crippen LogP contribution in [0.2, 0.25) is 0 Å². The molecule has 0 spiro atoms. The fourth-order valence-electron chi connectivity index (χ4n) is 6.65. The van der Waals surface area contributed by atoms with Gasteiger partial charge in [-0.2, -0.15) is 0 Å². The molecular weight excluding hydrogens is 388 g/mol. The number of piperidine rings is 1. The lowest BCUT2D eigenvalue weighted by Gasteiger charge is -2.50. The number of fused-ring (bicyclic) bond motifs is 1. The van der Waals surface area contributed by atoms with E-state index in [-0.39, 0.29) is 41.4 Å². The van der Waals surface area contributed by atoms with Crippen molar-refractivity contribution in [2.75, 3.05) is 0 Å². The number of likely N-dealkylation sites (tertiary alicyclic amines) is 2. The molecule has 1 saturated carbocycles. The van der Waals surface area contributed by atoms with Gasteiger partial charge in [0.05, 0.1) is 12.1 Å². The molecule has 31 heavy (non-hydrogen) atoms. The Bertz CT molecular complexity index is 966. The maximum Gasteiger partial charge on any atom is 0.273 e. The smallest absolute Gasteiger partial charge is 0.273 e. The first-order valence-corrected chi connectivity index (χ1v) is 11.4. The van der Waals surface area contributed by atoms with Crippen LogP contribution in [0, 0.1) is 5.41 Å². The second kappa shape index (κ2) is 7.74. The van der Waals surface area contributed by atoms with Gasteiger partial charge in [0.25, 0.3) is 5.91 Å². The summed E-state index contributed by atoms with van der Waals surface area (Å²) in [6.07, 6.45) is 8.97. The molecule has 3 heterocycles. The topological polar surface area (TPSA) is 66.4 Å². The van der Waals surface area contributed by atoms with E-state index in [2.05, 4.69) is 38.8 Å². The van der Waals surface area contributed by atoms with Crippen molar-refractivity contribution in [1.29, 1.82) is 0 Å². The average Bonchev–Trinajstić information content (AvgIpc) is 2.93. The molecule has 1 aromatic heterocycles. The number of hydrogen-bond acceptors (Lipinski definition) is 4. The lowest BCUT2D eigenvalue weighted by atomic mass is 9.69. The van der Waals surface area contributed by atoms with Crippen molar-refractivity contribution >= 4 is 11.8 Å². The van der Waals surface area contributed by atoms with Gasteiger partial charge in [-0.05, 0) is 37.3 Å². The summed E-state index contributed by atoms with van der Waals surface area (Å²) in [5, 5.41) is 0. The van der Waals surface area contributed by atoms with Crippen LogP contribution >= 0.6 is 0 Å². The highest BCUT2D eigenvalue weighted by atomic mass is 16.2. The predicted molar refractivity (Wildman–Crippen MR) is 117 cm³/mol. The quantitative estimate of drug-likeness (QED) is 0.765. The SMILES string of the molecule is CC(=O)N1[C@H](Cc2ccccc2)[C@@H]2C[C@@]3(C)[C@H](CCCC[C@@H]13)N2C(=O)c1ccncn1. The Morgan fingerprint density at radius 3 is 2.42 bits per heavy atom. The van der Waals surface area contributed by atoms with Crippen LogP contribution in [0.3, 0.4) is 0 Å². The summed E-state index contributed by atoms with van der Waals surface area (Å²) in [6.45, 7) is 4.01. The third-order valence-electron chi connectivity index (χ3n) is 7.89. The molecule has 5 rings (SSSR count). The third-order valence-corrected chi connectivity index (χ3v) is 7.89. The number of benzene rings is 1. The van der Waals surface area contributed by atoms with Crippen LogP contribution in [0.15, 0.2) is 48.9 Å². The first-order valence-electron chi connectivity index (χ1n) is 11.4. The molecule has 1 aliphatic carbocycles. The zero-order valence-electron chi connectivity index (χ0n) is 18.3. The van der Waals surface area contributed by atoms with Crippen molar-refractivity contribution in [2.45, 2.75) is 76.5 Å². The largest absolute Gasteiger partial charge is 0.334 e. The maximum atomic E-state index is 13.8. The third kappa shape index (κ3) is 3.24. The molecule has 3 aliphatic rings. The van der Waals surface area contributed by atoms with Crippen LogP contribution in [0.1, 0.15) is 62.0 Å². The van der Waals surface area contributed by atoms with Gasteiger partial charge in [0.1, 0.15) is 12.0 Å². The van der Waals surface area contributed by atoms with E-state index < -0.39 is 0 Å². The molecule has 5 atom stereocenters. The minimum Gasteiger partial charge on any atom is -0.334 e. The number of rotatable bonds is 3. The molecule has 6 heteroatoms. The fourth-order valence-corrected chi connectivity index (χ4v) is 6.65. The van der Waals surface area contributed by atoms with Gasteiger partial charge in [-0.25, -0.2) is 9.97 Å². The number of aromatic nitrogens is 2. The van der Waals surface area contributed by atoms with Crippen molar-refractivity contribution in [3.63, 3.8) is 0 Å². The zero-order chi connectivity index (χ0) is 21.6. The van der Waals surface area contributed by atoms with Gasteiger partial charge in [0.2, 0.25) is 5.91 Å². The van der Waals surface area contributed by atoms with Gasteiger partial charge in [-0.1, -0.05) is 50.1 Å². The summed E-state index contributed by atoms with van der Waals surface area (Å²) in [4.78, 5) is 39.3. The molecule has 0 unspecified atom stereocenters. The maximum absolute atomic E-state index is 13.8. The fraction of sp³-hybridized carbons (Fsp3) is 0.520. The molecule has 0 radical (unpaired) electrons. The molecule has 2 saturated heterocycles. The number of amides is 2. The number of carbonyl (C=O) groups is 2. The second-order valence-corrected chi connectivity index (χ2v) is 9.58. The molecule has 1 aromatic carbocycles. The Morgan fingerprint density at radius 1 is 1.06 bits per heavy atom. The van der Waals surface area contributed by atoms with Gasteiger partial charge >= 0.3 is 0 Å². The molecule has 2 aromatic rings.